The number of benzene rings is 1. The van der Waals surface area contributed by atoms with Crippen LogP contribution in [0.25, 0.3) is 0 Å². The normalized spacial score (nSPS) is 21.1. The monoisotopic (exact) mass is 362 g/mol. The van der Waals surface area contributed by atoms with Gasteiger partial charge >= 0.3 is 6.18 Å². The number of nitrogens with zero attached hydrogens (tertiary/aromatic N) is 3. The third-order valence-electron chi connectivity index (χ3n) is 4.93. The Morgan fingerprint density at radius 3 is 2.54 bits per heavy atom. The smallest absolute Gasteiger partial charge is 0.366 e. The maximum Gasteiger partial charge on any atom is 0.416 e. The Morgan fingerprint density at radius 1 is 1.08 bits per heavy atom. The van der Waals surface area contributed by atoms with Crippen molar-refractivity contribution in [3.05, 3.63) is 53.5 Å². The predicted octanol–water partition coefficient (Wildman–Crippen LogP) is 4.06. The van der Waals surface area contributed by atoms with Crippen molar-refractivity contribution in [3.63, 3.8) is 0 Å². The highest BCUT2D eigenvalue weighted by Crippen LogP contribution is 2.38. The minimum absolute atomic E-state index is 0.298. The fourth-order valence-corrected chi connectivity index (χ4v) is 3.35. The number of rotatable bonds is 5. The minimum Gasteiger partial charge on any atom is -0.366 e. The molecule has 1 aliphatic carbocycles. The maximum absolute atomic E-state index is 12.6. The van der Waals surface area contributed by atoms with Gasteiger partial charge in [-0.1, -0.05) is 12.1 Å². The summed E-state index contributed by atoms with van der Waals surface area (Å²) in [7, 11) is 0. The summed E-state index contributed by atoms with van der Waals surface area (Å²) in [5.41, 5.74) is 0.300. The van der Waals surface area contributed by atoms with Gasteiger partial charge in [-0.3, -0.25) is 4.90 Å². The van der Waals surface area contributed by atoms with Gasteiger partial charge in [-0.15, -0.1) is 0 Å². The molecule has 1 saturated heterocycles. The summed E-state index contributed by atoms with van der Waals surface area (Å²) in [5, 5.41) is 3.47. The molecule has 0 spiro atoms. The molecule has 1 aromatic carbocycles. The molecule has 1 atom stereocenters. The van der Waals surface area contributed by atoms with E-state index >= 15 is 0 Å². The van der Waals surface area contributed by atoms with E-state index in [1.165, 1.54) is 12.8 Å². The van der Waals surface area contributed by atoms with Crippen molar-refractivity contribution in [3.8, 4) is 0 Å². The molecule has 26 heavy (non-hydrogen) atoms. The fourth-order valence-electron chi connectivity index (χ4n) is 3.35. The van der Waals surface area contributed by atoms with E-state index in [0.717, 1.165) is 48.8 Å². The van der Waals surface area contributed by atoms with Crippen LogP contribution in [0.2, 0.25) is 0 Å². The second-order valence-corrected chi connectivity index (χ2v) is 7.13. The third-order valence-corrected chi connectivity index (χ3v) is 4.93. The number of hydrogen-bond donors (Lipinski definition) is 1. The summed E-state index contributed by atoms with van der Waals surface area (Å²) in [4.78, 5) is 11.2. The van der Waals surface area contributed by atoms with Gasteiger partial charge in [-0.2, -0.15) is 13.2 Å². The van der Waals surface area contributed by atoms with Gasteiger partial charge < -0.3 is 5.32 Å². The molecule has 2 aliphatic rings. The lowest BCUT2D eigenvalue weighted by molar-refractivity contribution is -0.137. The van der Waals surface area contributed by atoms with Gasteiger partial charge in [-0.25, -0.2) is 9.97 Å². The van der Waals surface area contributed by atoms with Gasteiger partial charge in [0, 0.05) is 37.8 Å². The molecule has 138 valence electrons. The number of aromatic nitrogens is 2. The van der Waals surface area contributed by atoms with Crippen LogP contribution in [0.15, 0.2) is 36.5 Å². The Bertz CT molecular complexity index is 756. The number of nitrogens with one attached hydrogen (secondary N) is 1. The first-order chi connectivity index (χ1) is 12.5. The van der Waals surface area contributed by atoms with Gasteiger partial charge in [0.25, 0.3) is 0 Å². The zero-order valence-electron chi connectivity index (χ0n) is 14.3. The SMILES string of the molecule is FC(F)(F)c1ccc(CN2CCC(Nc3ccnc(C4CC4)n3)C2)cc1. The van der Waals surface area contributed by atoms with Crippen molar-refractivity contribution in [2.75, 3.05) is 18.4 Å². The molecule has 2 heterocycles. The van der Waals surface area contributed by atoms with Crippen LogP contribution in [0.5, 0.6) is 0 Å². The molecule has 4 rings (SSSR count). The van der Waals surface area contributed by atoms with Gasteiger partial charge in [0.1, 0.15) is 11.6 Å². The van der Waals surface area contributed by atoms with Crippen LogP contribution in [0, 0.1) is 0 Å². The maximum atomic E-state index is 12.6. The largest absolute Gasteiger partial charge is 0.416 e. The zero-order valence-corrected chi connectivity index (χ0v) is 14.3. The van der Waals surface area contributed by atoms with Crippen molar-refractivity contribution in [1.29, 1.82) is 0 Å². The number of likely N-dealkylation sites (tertiary alicyclic amines) is 1. The van der Waals surface area contributed by atoms with Crippen LogP contribution < -0.4 is 5.32 Å². The first-order valence-electron chi connectivity index (χ1n) is 8.95. The average Bonchev–Trinajstić information content (AvgIpc) is 3.37. The predicted molar refractivity (Wildman–Crippen MR) is 92.8 cm³/mol. The molecule has 2 aromatic rings. The highest BCUT2D eigenvalue weighted by molar-refractivity contribution is 5.35. The molecule has 0 radical (unpaired) electrons. The first kappa shape index (κ1) is 17.3. The van der Waals surface area contributed by atoms with E-state index in [-0.39, 0.29) is 0 Å². The number of hydrogen-bond acceptors (Lipinski definition) is 4. The van der Waals surface area contributed by atoms with Gasteiger partial charge in [0.2, 0.25) is 0 Å². The summed E-state index contributed by atoms with van der Waals surface area (Å²) >= 11 is 0. The minimum atomic E-state index is -4.28. The summed E-state index contributed by atoms with van der Waals surface area (Å²) in [5.74, 6) is 2.31. The molecule has 0 bridgehead atoms. The molecule has 0 amide bonds. The molecule has 1 aliphatic heterocycles. The number of anilines is 1. The van der Waals surface area contributed by atoms with Crippen molar-refractivity contribution in [1.82, 2.24) is 14.9 Å². The summed E-state index contributed by atoms with van der Waals surface area (Å²) in [6.45, 7) is 2.43. The van der Waals surface area contributed by atoms with Crippen LogP contribution in [-0.2, 0) is 12.7 Å². The van der Waals surface area contributed by atoms with E-state index in [1.54, 1.807) is 18.3 Å². The van der Waals surface area contributed by atoms with Crippen LogP contribution in [0.3, 0.4) is 0 Å². The van der Waals surface area contributed by atoms with Crippen LogP contribution >= 0.6 is 0 Å². The molecular formula is C19H21F3N4. The van der Waals surface area contributed by atoms with E-state index in [2.05, 4.69) is 20.2 Å². The molecule has 1 aromatic heterocycles. The van der Waals surface area contributed by atoms with Crippen molar-refractivity contribution in [2.45, 2.75) is 43.9 Å². The van der Waals surface area contributed by atoms with E-state index < -0.39 is 11.7 Å². The lowest BCUT2D eigenvalue weighted by Crippen LogP contribution is -2.26. The molecule has 7 heteroatoms. The zero-order chi connectivity index (χ0) is 18.1. The van der Waals surface area contributed by atoms with Gasteiger partial charge in [0.05, 0.1) is 5.56 Å². The highest BCUT2D eigenvalue weighted by Gasteiger charge is 2.30. The van der Waals surface area contributed by atoms with E-state index in [1.807, 2.05) is 6.07 Å². The molecule has 2 fully saturated rings. The van der Waals surface area contributed by atoms with Crippen LogP contribution in [0.1, 0.15) is 42.1 Å². The Hall–Kier alpha value is -2.15. The molecular weight excluding hydrogens is 341 g/mol. The van der Waals surface area contributed by atoms with Crippen LogP contribution in [-0.4, -0.2) is 34.0 Å². The van der Waals surface area contributed by atoms with E-state index in [4.69, 9.17) is 0 Å². The Labute approximate surface area is 150 Å². The Balaban J connectivity index is 1.31. The lowest BCUT2D eigenvalue weighted by Gasteiger charge is -2.17. The van der Waals surface area contributed by atoms with Crippen LogP contribution in [0.4, 0.5) is 19.0 Å². The number of alkyl halides is 3. The molecule has 1 N–H and O–H groups in total. The van der Waals surface area contributed by atoms with Crippen molar-refractivity contribution in [2.24, 2.45) is 0 Å². The molecule has 4 nitrogen and oxygen atoms in total. The summed E-state index contributed by atoms with van der Waals surface area (Å²) in [6.07, 6.45) is 0.862. The van der Waals surface area contributed by atoms with Crippen molar-refractivity contribution >= 4 is 5.82 Å². The van der Waals surface area contributed by atoms with Gasteiger partial charge in [0.15, 0.2) is 0 Å². The second-order valence-electron chi connectivity index (χ2n) is 7.13. The molecule has 1 saturated carbocycles. The number of halogens is 3. The average molecular weight is 362 g/mol. The fraction of sp³-hybridized carbons (Fsp3) is 0.474. The highest BCUT2D eigenvalue weighted by atomic mass is 19.4. The topological polar surface area (TPSA) is 41.0 Å². The summed E-state index contributed by atoms with van der Waals surface area (Å²) in [6, 6.07) is 7.63. The van der Waals surface area contributed by atoms with Gasteiger partial charge in [-0.05, 0) is 43.0 Å². The standard InChI is InChI=1S/C19H21F3N4/c20-19(21,22)15-5-1-13(2-6-15)11-26-10-8-16(12-26)24-17-7-9-23-18(25-17)14-3-4-14/h1-2,5-7,9,14,16H,3-4,8,10-12H2,(H,23,24,25). The lowest BCUT2D eigenvalue weighted by atomic mass is 10.1. The molecule has 1 unspecified atom stereocenters. The van der Waals surface area contributed by atoms with E-state index in [9.17, 15) is 13.2 Å². The van der Waals surface area contributed by atoms with E-state index in [0.29, 0.717) is 18.5 Å². The quantitative estimate of drug-likeness (QED) is 0.871. The second kappa shape index (κ2) is 6.87. The Kier molecular flexibility index (Phi) is 4.56. The Morgan fingerprint density at radius 2 is 1.85 bits per heavy atom. The van der Waals surface area contributed by atoms with Crippen molar-refractivity contribution < 1.29 is 13.2 Å². The first-order valence-corrected chi connectivity index (χ1v) is 8.95. The third kappa shape index (κ3) is 4.15. The summed E-state index contributed by atoms with van der Waals surface area (Å²) < 4.78 is 37.9.